The molecule has 1 amide bonds. The van der Waals surface area contributed by atoms with Crippen molar-refractivity contribution in [3.63, 3.8) is 0 Å². The van der Waals surface area contributed by atoms with Gasteiger partial charge in [-0.25, -0.2) is 9.97 Å². The molecule has 0 radical (unpaired) electrons. The maximum Gasteiger partial charge on any atom is 0.251 e. The molecular weight excluding hydrogens is 394 g/mol. The topological polar surface area (TPSA) is 88.6 Å². The number of anilines is 2. The van der Waals surface area contributed by atoms with Gasteiger partial charge in [-0.05, 0) is 36.4 Å². The zero-order chi connectivity index (χ0) is 21.3. The van der Waals surface area contributed by atoms with Crippen molar-refractivity contribution in [2.75, 3.05) is 49.6 Å². The van der Waals surface area contributed by atoms with Crippen LogP contribution in [0, 0.1) is 0 Å². The average molecular weight is 419 g/mol. The molecule has 2 aromatic carbocycles. The minimum Gasteiger partial charge on any atom is -0.457 e. The molecular formula is C23H25N5O3. The summed E-state index contributed by atoms with van der Waals surface area (Å²) in [5.41, 5.74) is 0.581. The van der Waals surface area contributed by atoms with Gasteiger partial charge in [0.05, 0.1) is 13.2 Å². The highest BCUT2D eigenvalue weighted by atomic mass is 16.5. The van der Waals surface area contributed by atoms with E-state index in [1.54, 1.807) is 30.6 Å². The van der Waals surface area contributed by atoms with E-state index in [1.165, 1.54) is 0 Å². The fourth-order valence-electron chi connectivity index (χ4n) is 3.18. The van der Waals surface area contributed by atoms with Crippen LogP contribution in [0.5, 0.6) is 11.5 Å². The van der Waals surface area contributed by atoms with Crippen LogP contribution in [0.2, 0.25) is 0 Å². The second kappa shape index (κ2) is 10.4. The summed E-state index contributed by atoms with van der Waals surface area (Å²) in [7, 11) is 0. The van der Waals surface area contributed by atoms with E-state index < -0.39 is 0 Å². The number of morpholine rings is 1. The van der Waals surface area contributed by atoms with Crippen LogP contribution < -0.4 is 20.3 Å². The van der Waals surface area contributed by atoms with Gasteiger partial charge < -0.3 is 25.0 Å². The fraction of sp³-hybridized carbons (Fsp3) is 0.261. The fourth-order valence-corrected chi connectivity index (χ4v) is 3.18. The Morgan fingerprint density at radius 3 is 2.48 bits per heavy atom. The van der Waals surface area contributed by atoms with Crippen LogP contribution in [-0.4, -0.2) is 55.3 Å². The van der Waals surface area contributed by atoms with Gasteiger partial charge in [0.25, 0.3) is 5.91 Å². The third-order valence-corrected chi connectivity index (χ3v) is 4.80. The van der Waals surface area contributed by atoms with E-state index >= 15 is 0 Å². The van der Waals surface area contributed by atoms with E-state index in [0.29, 0.717) is 37.6 Å². The van der Waals surface area contributed by atoms with Crippen molar-refractivity contribution in [2.45, 2.75) is 0 Å². The van der Waals surface area contributed by atoms with Crippen molar-refractivity contribution in [1.82, 2.24) is 15.3 Å². The van der Waals surface area contributed by atoms with Crippen LogP contribution in [0.4, 0.5) is 11.6 Å². The number of hydrogen-bond acceptors (Lipinski definition) is 7. The number of para-hydroxylation sites is 1. The highest BCUT2D eigenvalue weighted by Crippen LogP contribution is 2.21. The summed E-state index contributed by atoms with van der Waals surface area (Å²) in [6.45, 7) is 4.08. The Bertz CT molecular complexity index is 976. The molecule has 4 rings (SSSR count). The predicted octanol–water partition coefficient (Wildman–Crippen LogP) is 2.95. The number of amides is 1. The van der Waals surface area contributed by atoms with E-state index in [0.717, 1.165) is 30.5 Å². The van der Waals surface area contributed by atoms with Crippen LogP contribution in [0.25, 0.3) is 0 Å². The quantitative estimate of drug-likeness (QED) is 0.543. The molecule has 2 N–H and O–H groups in total. The summed E-state index contributed by atoms with van der Waals surface area (Å²) in [5.74, 6) is 2.91. The highest BCUT2D eigenvalue weighted by molar-refractivity contribution is 5.94. The maximum atomic E-state index is 12.4. The molecule has 0 atom stereocenters. The third kappa shape index (κ3) is 5.93. The molecule has 0 bridgehead atoms. The van der Waals surface area contributed by atoms with Crippen LogP contribution in [0.1, 0.15) is 10.4 Å². The van der Waals surface area contributed by atoms with Gasteiger partial charge in [0.15, 0.2) is 0 Å². The molecule has 1 saturated heterocycles. The number of rotatable bonds is 8. The molecule has 1 aromatic heterocycles. The number of benzene rings is 2. The summed E-state index contributed by atoms with van der Waals surface area (Å²) in [4.78, 5) is 23.1. The van der Waals surface area contributed by atoms with Crippen molar-refractivity contribution >= 4 is 17.5 Å². The standard InChI is InChI=1S/C23H25N5O3/c29-23(18-6-8-20(9-7-18)31-19-4-2-1-3-5-19)25-11-10-24-21-16-22(27-17-26-21)28-12-14-30-15-13-28/h1-9,16-17H,10-15H2,(H,25,29)(H,24,26,27). The number of nitrogens with zero attached hydrogens (tertiary/aromatic N) is 3. The molecule has 8 heteroatoms. The molecule has 1 aliphatic rings. The van der Waals surface area contributed by atoms with Gasteiger partial charge >= 0.3 is 0 Å². The SMILES string of the molecule is O=C(NCCNc1cc(N2CCOCC2)ncn1)c1ccc(Oc2ccccc2)cc1. The van der Waals surface area contributed by atoms with Gasteiger partial charge in [-0.3, -0.25) is 4.79 Å². The van der Waals surface area contributed by atoms with Gasteiger partial charge in [-0.15, -0.1) is 0 Å². The molecule has 2 heterocycles. The van der Waals surface area contributed by atoms with Crippen LogP contribution >= 0.6 is 0 Å². The number of carbonyl (C=O) groups is 1. The lowest BCUT2D eigenvalue weighted by Gasteiger charge is -2.27. The Kier molecular flexibility index (Phi) is 6.92. The first kappa shape index (κ1) is 20.6. The second-order valence-corrected chi connectivity index (χ2v) is 6.98. The van der Waals surface area contributed by atoms with Gasteiger partial charge in [0.2, 0.25) is 0 Å². The molecule has 0 aliphatic carbocycles. The molecule has 1 fully saturated rings. The molecule has 31 heavy (non-hydrogen) atoms. The third-order valence-electron chi connectivity index (χ3n) is 4.80. The summed E-state index contributed by atoms with van der Waals surface area (Å²) in [6, 6.07) is 18.5. The molecule has 0 unspecified atom stereocenters. The van der Waals surface area contributed by atoms with Gasteiger partial charge in [-0.1, -0.05) is 18.2 Å². The first-order valence-electron chi connectivity index (χ1n) is 10.3. The van der Waals surface area contributed by atoms with Crippen molar-refractivity contribution in [3.8, 4) is 11.5 Å². The summed E-state index contributed by atoms with van der Waals surface area (Å²) in [6.07, 6.45) is 1.55. The summed E-state index contributed by atoms with van der Waals surface area (Å²) < 4.78 is 11.1. The summed E-state index contributed by atoms with van der Waals surface area (Å²) >= 11 is 0. The monoisotopic (exact) mass is 419 g/mol. The van der Waals surface area contributed by atoms with Crippen LogP contribution in [-0.2, 0) is 4.74 Å². The molecule has 0 spiro atoms. The minimum atomic E-state index is -0.134. The Hall–Kier alpha value is -3.65. The Balaban J connectivity index is 1.22. The van der Waals surface area contributed by atoms with Gasteiger partial charge in [0, 0.05) is 37.8 Å². The lowest BCUT2D eigenvalue weighted by molar-refractivity contribution is 0.0955. The van der Waals surface area contributed by atoms with Crippen molar-refractivity contribution < 1.29 is 14.3 Å². The zero-order valence-electron chi connectivity index (χ0n) is 17.2. The van der Waals surface area contributed by atoms with Crippen molar-refractivity contribution in [2.24, 2.45) is 0 Å². The Morgan fingerprint density at radius 1 is 0.968 bits per heavy atom. The number of hydrogen-bond donors (Lipinski definition) is 2. The van der Waals surface area contributed by atoms with Gasteiger partial charge in [-0.2, -0.15) is 0 Å². The molecule has 0 saturated carbocycles. The Labute approximate surface area is 181 Å². The van der Waals surface area contributed by atoms with Gasteiger partial charge in [0.1, 0.15) is 29.5 Å². The lowest BCUT2D eigenvalue weighted by Crippen LogP contribution is -2.36. The molecule has 3 aromatic rings. The number of ether oxygens (including phenoxy) is 2. The van der Waals surface area contributed by atoms with Crippen LogP contribution in [0.15, 0.2) is 67.0 Å². The van der Waals surface area contributed by atoms with E-state index in [2.05, 4.69) is 25.5 Å². The minimum absolute atomic E-state index is 0.134. The Morgan fingerprint density at radius 2 is 1.71 bits per heavy atom. The number of nitrogens with one attached hydrogen (secondary N) is 2. The maximum absolute atomic E-state index is 12.4. The van der Waals surface area contributed by atoms with Crippen molar-refractivity contribution in [3.05, 3.63) is 72.6 Å². The molecule has 8 nitrogen and oxygen atoms in total. The van der Waals surface area contributed by atoms with E-state index in [4.69, 9.17) is 9.47 Å². The normalized spacial score (nSPS) is 13.5. The molecule has 1 aliphatic heterocycles. The van der Waals surface area contributed by atoms with Crippen LogP contribution in [0.3, 0.4) is 0 Å². The first-order chi connectivity index (χ1) is 15.3. The smallest absolute Gasteiger partial charge is 0.251 e. The second-order valence-electron chi connectivity index (χ2n) is 6.98. The van der Waals surface area contributed by atoms with E-state index in [-0.39, 0.29) is 5.91 Å². The largest absolute Gasteiger partial charge is 0.457 e. The zero-order valence-corrected chi connectivity index (χ0v) is 17.2. The first-order valence-corrected chi connectivity index (χ1v) is 10.3. The number of aromatic nitrogens is 2. The molecule has 160 valence electrons. The van der Waals surface area contributed by atoms with E-state index in [1.807, 2.05) is 36.4 Å². The lowest BCUT2D eigenvalue weighted by atomic mass is 10.2. The highest BCUT2D eigenvalue weighted by Gasteiger charge is 2.13. The predicted molar refractivity (Wildman–Crippen MR) is 119 cm³/mol. The van der Waals surface area contributed by atoms with E-state index in [9.17, 15) is 4.79 Å². The number of carbonyl (C=O) groups excluding carboxylic acids is 1. The summed E-state index contributed by atoms with van der Waals surface area (Å²) in [5, 5.41) is 6.13. The van der Waals surface area contributed by atoms with Crippen molar-refractivity contribution in [1.29, 1.82) is 0 Å². The average Bonchev–Trinajstić information content (AvgIpc) is 2.84.